The third kappa shape index (κ3) is 9.00. The van der Waals surface area contributed by atoms with E-state index >= 15 is 0 Å². The van der Waals surface area contributed by atoms with Gasteiger partial charge in [-0.2, -0.15) is 0 Å². The minimum absolute atomic E-state index is 0.0163. The number of anilines is 1. The van der Waals surface area contributed by atoms with Gasteiger partial charge in [-0.15, -0.1) is 0 Å². The number of ether oxygens (including phenoxy) is 1. The Bertz CT molecular complexity index is 1700. The van der Waals surface area contributed by atoms with Crippen LogP contribution in [-0.4, -0.2) is 51.4 Å². The Morgan fingerprint density at radius 1 is 0.844 bits per heavy atom. The Balaban J connectivity index is 1.80. The number of carbonyl (C=O) groups excluding carboxylic acids is 2. The van der Waals surface area contributed by atoms with Crippen LogP contribution in [0.15, 0.2) is 108 Å². The van der Waals surface area contributed by atoms with Gasteiger partial charge in [0.05, 0.1) is 17.7 Å². The number of halogens is 2. The minimum atomic E-state index is -4.27. The van der Waals surface area contributed by atoms with Crippen molar-refractivity contribution < 1.29 is 22.7 Å². The lowest BCUT2D eigenvalue weighted by atomic mass is 10.0. The zero-order chi connectivity index (χ0) is 32.4. The number of methoxy groups -OCH3 is 1. The summed E-state index contributed by atoms with van der Waals surface area (Å²) in [4.78, 5) is 29.5. The fourth-order valence-corrected chi connectivity index (χ4v) is 6.59. The fraction of sp³-hybridized carbons (Fsp3) is 0.235. The molecule has 4 aromatic rings. The summed E-state index contributed by atoms with van der Waals surface area (Å²) in [5.74, 6) is -0.447. The first-order valence-electron chi connectivity index (χ1n) is 14.4. The first-order valence-corrected chi connectivity index (χ1v) is 16.6. The molecule has 1 N–H and O–H groups in total. The number of sulfonamides is 1. The predicted molar refractivity (Wildman–Crippen MR) is 178 cm³/mol. The molecule has 0 radical (unpaired) electrons. The monoisotopic (exact) mass is 667 g/mol. The van der Waals surface area contributed by atoms with Crippen LogP contribution in [0.5, 0.6) is 5.75 Å². The highest BCUT2D eigenvalue weighted by atomic mass is 35.5. The van der Waals surface area contributed by atoms with E-state index in [1.165, 1.54) is 42.3 Å². The Morgan fingerprint density at radius 2 is 1.49 bits per heavy atom. The van der Waals surface area contributed by atoms with Gasteiger partial charge in [0.15, 0.2) is 0 Å². The van der Waals surface area contributed by atoms with E-state index in [2.05, 4.69) is 5.32 Å². The van der Waals surface area contributed by atoms with Gasteiger partial charge in [0.25, 0.3) is 10.0 Å². The molecule has 11 heteroatoms. The Kier molecular flexibility index (Phi) is 11.9. The van der Waals surface area contributed by atoms with Gasteiger partial charge in [0.2, 0.25) is 11.8 Å². The molecule has 1 atom stereocenters. The van der Waals surface area contributed by atoms with E-state index in [9.17, 15) is 18.0 Å². The molecule has 236 valence electrons. The van der Waals surface area contributed by atoms with Crippen LogP contribution in [0.2, 0.25) is 10.0 Å². The van der Waals surface area contributed by atoms with Crippen LogP contribution in [0.4, 0.5) is 5.69 Å². The van der Waals surface area contributed by atoms with Crippen molar-refractivity contribution in [1.82, 2.24) is 10.2 Å². The fourth-order valence-electron chi connectivity index (χ4n) is 4.79. The molecule has 8 nitrogen and oxygen atoms in total. The molecule has 4 rings (SSSR count). The van der Waals surface area contributed by atoms with Crippen molar-refractivity contribution in [2.75, 3.05) is 24.5 Å². The third-order valence-corrected chi connectivity index (χ3v) is 9.34. The SMILES string of the molecule is CCCNC(=O)[C@H](Cc1ccccc1)N(Cc1cccc(Cl)c1)C(=O)CN(c1cccc(Cl)c1)S(=O)(=O)c1ccc(OC)cc1. The summed E-state index contributed by atoms with van der Waals surface area (Å²) in [6.07, 6.45) is 0.916. The normalized spacial score (nSPS) is 11.8. The molecular weight excluding hydrogens is 633 g/mol. The van der Waals surface area contributed by atoms with Gasteiger partial charge in [-0.25, -0.2) is 8.42 Å². The first-order chi connectivity index (χ1) is 21.6. The van der Waals surface area contributed by atoms with Gasteiger partial charge in [0.1, 0.15) is 18.3 Å². The topological polar surface area (TPSA) is 96.0 Å². The Labute approximate surface area is 274 Å². The van der Waals surface area contributed by atoms with Gasteiger partial charge in [-0.1, -0.05) is 78.7 Å². The van der Waals surface area contributed by atoms with Crippen molar-refractivity contribution in [3.05, 3.63) is 124 Å². The maximum atomic E-state index is 14.4. The molecule has 0 unspecified atom stereocenters. The largest absolute Gasteiger partial charge is 0.497 e. The van der Waals surface area contributed by atoms with E-state index in [4.69, 9.17) is 27.9 Å². The van der Waals surface area contributed by atoms with Crippen molar-refractivity contribution in [3.8, 4) is 5.75 Å². The molecular formula is C34H35Cl2N3O5S. The van der Waals surface area contributed by atoms with Gasteiger partial charge in [-0.05, 0) is 72.1 Å². The number of hydrogen-bond donors (Lipinski definition) is 1. The molecule has 45 heavy (non-hydrogen) atoms. The van der Waals surface area contributed by atoms with Crippen molar-refractivity contribution in [2.45, 2.75) is 37.2 Å². The zero-order valence-electron chi connectivity index (χ0n) is 25.0. The van der Waals surface area contributed by atoms with Crippen molar-refractivity contribution in [1.29, 1.82) is 0 Å². The molecule has 0 aliphatic rings. The summed E-state index contributed by atoms with van der Waals surface area (Å²) in [5, 5.41) is 3.69. The third-order valence-electron chi connectivity index (χ3n) is 7.08. The maximum Gasteiger partial charge on any atom is 0.264 e. The molecule has 0 heterocycles. The molecule has 0 aromatic heterocycles. The lowest BCUT2D eigenvalue weighted by Gasteiger charge is -2.34. The Hall–Kier alpha value is -4.05. The average Bonchev–Trinajstić information content (AvgIpc) is 3.04. The summed E-state index contributed by atoms with van der Waals surface area (Å²) >= 11 is 12.6. The molecule has 0 spiro atoms. The average molecular weight is 669 g/mol. The standard InChI is InChI=1S/C34H35Cl2N3O5S/c1-3-19-37-34(41)32(21-25-9-5-4-6-10-25)38(23-26-11-7-12-27(35)20-26)33(40)24-39(29-14-8-13-28(36)22-29)45(42,43)31-17-15-30(44-2)16-18-31/h4-18,20,22,32H,3,19,21,23-24H2,1-2H3,(H,37,41)/t32-/m0/s1. The second-order valence-corrected chi connectivity index (χ2v) is 13.1. The number of carbonyl (C=O) groups is 2. The second-order valence-electron chi connectivity index (χ2n) is 10.3. The van der Waals surface area contributed by atoms with Crippen LogP contribution in [-0.2, 0) is 32.6 Å². The lowest BCUT2D eigenvalue weighted by molar-refractivity contribution is -0.140. The second kappa shape index (κ2) is 15.8. The molecule has 0 bridgehead atoms. The summed E-state index contributed by atoms with van der Waals surface area (Å²) < 4.78 is 34.4. The van der Waals surface area contributed by atoms with E-state index in [1.807, 2.05) is 37.3 Å². The Morgan fingerprint density at radius 3 is 2.11 bits per heavy atom. The quantitative estimate of drug-likeness (QED) is 0.169. The number of hydrogen-bond acceptors (Lipinski definition) is 5. The molecule has 4 aromatic carbocycles. The highest BCUT2D eigenvalue weighted by Gasteiger charge is 2.34. The van der Waals surface area contributed by atoms with E-state index in [0.29, 0.717) is 34.3 Å². The van der Waals surface area contributed by atoms with Crippen LogP contribution < -0.4 is 14.4 Å². The van der Waals surface area contributed by atoms with Crippen molar-refractivity contribution in [2.24, 2.45) is 0 Å². The van der Waals surface area contributed by atoms with Crippen LogP contribution in [0.25, 0.3) is 0 Å². The predicted octanol–water partition coefficient (Wildman–Crippen LogP) is 6.36. The van der Waals surface area contributed by atoms with Crippen LogP contribution in [0.3, 0.4) is 0 Å². The lowest BCUT2D eigenvalue weighted by Crippen LogP contribution is -2.53. The van der Waals surface area contributed by atoms with E-state index < -0.39 is 28.5 Å². The van der Waals surface area contributed by atoms with E-state index in [1.54, 1.807) is 42.5 Å². The summed E-state index contributed by atoms with van der Waals surface area (Å²) in [6.45, 7) is 1.78. The smallest absolute Gasteiger partial charge is 0.264 e. The maximum absolute atomic E-state index is 14.4. The molecule has 2 amide bonds. The number of benzene rings is 4. The number of rotatable bonds is 14. The number of nitrogens with zero attached hydrogens (tertiary/aromatic N) is 2. The van der Waals surface area contributed by atoms with Crippen molar-refractivity contribution >= 4 is 50.7 Å². The van der Waals surface area contributed by atoms with Crippen LogP contribution in [0, 0.1) is 0 Å². The highest BCUT2D eigenvalue weighted by molar-refractivity contribution is 7.92. The number of nitrogens with one attached hydrogen (secondary N) is 1. The van der Waals surface area contributed by atoms with E-state index in [0.717, 1.165) is 9.87 Å². The summed E-state index contributed by atoms with van der Waals surface area (Å²) in [7, 11) is -2.79. The molecule has 0 fully saturated rings. The molecule has 0 saturated heterocycles. The molecule has 0 saturated carbocycles. The van der Waals surface area contributed by atoms with Gasteiger partial charge in [-0.3, -0.25) is 13.9 Å². The number of amides is 2. The summed E-state index contributed by atoms with van der Waals surface area (Å²) in [6, 6.07) is 27.6. The zero-order valence-corrected chi connectivity index (χ0v) is 27.4. The van der Waals surface area contributed by atoms with Crippen LogP contribution >= 0.6 is 23.2 Å². The highest BCUT2D eigenvalue weighted by Crippen LogP contribution is 2.28. The van der Waals surface area contributed by atoms with Gasteiger partial charge in [0, 0.05) is 29.6 Å². The van der Waals surface area contributed by atoms with Crippen LogP contribution in [0.1, 0.15) is 24.5 Å². The van der Waals surface area contributed by atoms with Gasteiger partial charge >= 0.3 is 0 Å². The van der Waals surface area contributed by atoms with Gasteiger partial charge < -0.3 is 15.0 Å². The summed E-state index contributed by atoms with van der Waals surface area (Å²) in [5.41, 5.74) is 1.73. The molecule has 0 aliphatic carbocycles. The van der Waals surface area contributed by atoms with E-state index in [-0.39, 0.29) is 29.5 Å². The van der Waals surface area contributed by atoms with Crippen molar-refractivity contribution in [3.63, 3.8) is 0 Å². The first kappa shape index (κ1) is 33.8. The minimum Gasteiger partial charge on any atom is -0.497 e. The molecule has 0 aliphatic heterocycles.